The van der Waals surface area contributed by atoms with Gasteiger partial charge < -0.3 is 4.74 Å². The van der Waals surface area contributed by atoms with Gasteiger partial charge in [-0.2, -0.15) is 5.10 Å². The average Bonchev–Trinajstić information content (AvgIpc) is 2.50. The molecule has 2 rings (SSSR count). The van der Waals surface area contributed by atoms with Crippen LogP contribution in [-0.2, 0) is 4.74 Å². The van der Waals surface area contributed by atoms with Crippen molar-refractivity contribution in [2.45, 2.75) is 6.92 Å². The molecule has 1 N–H and O–H groups in total. The highest BCUT2D eigenvalue weighted by atomic mass is 16.5. The van der Waals surface area contributed by atoms with E-state index in [9.17, 15) is 4.79 Å². The minimum absolute atomic E-state index is 0.297. The summed E-state index contributed by atoms with van der Waals surface area (Å²) in [5.41, 5.74) is 4.49. The van der Waals surface area contributed by atoms with E-state index in [-0.39, 0.29) is 0 Å². The van der Waals surface area contributed by atoms with E-state index in [0.717, 1.165) is 5.56 Å². The van der Waals surface area contributed by atoms with E-state index in [1.165, 1.54) is 0 Å². The highest BCUT2D eigenvalue weighted by Gasteiger charge is 2.09. The van der Waals surface area contributed by atoms with E-state index in [4.69, 9.17) is 4.74 Å². The largest absolute Gasteiger partial charge is 0.449 e. The van der Waals surface area contributed by atoms with Gasteiger partial charge in [-0.3, -0.25) is 4.98 Å². The van der Waals surface area contributed by atoms with Crippen molar-refractivity contribution in [3.63, 3.8) is 0 Å². The van der Waals surface area contributed by atoms with Gasteiger partial charge in [0, 0.05) is 11.8 Å². The van der Waals surface area contributed by atoms with Crippen LogP contribution in [-0.4, -0.2) is 23.4 Å². The van der Waals surface area contributed by atoms with Crippen LogP contribution in [0.4, 0.5) is 4.79 Å². The SMILES string of the molecule is CCOC(=O)NN=C(c1ccccc1)c1ccccn1. The molecule has 102 valence electrons. The highest BCUT2D eigenvalue weighted by molar-refractivity contribution is 6.11. The summed E-state index contributed by atoms with van der Waals surface area (Å²) < 4.78 is 4.79. The van der Waals surface area contributed by atoms with Crippen molar-refractivity contribution in [2.24, 2.45) is 5.10 Å². The molecule has 0 saturated carbocycles. The highest BCUT2D eigenvalue weighted by Crippen LogP contribution is 2.08. The fraction of sp³-hybridized carbons (Fsp3) is 0.133. The normalized spacial score (nSPS) is 10.9. The van der Waals surface area contributed by atoms with Crippen LogP contribution in [0.2, 0.25) is 0 Å². The van der Waals surface area contributed by atoms with Crippen LogP contribution in [0.1, 0.15) is 18.2 Å². The van der Waals surface area contributed by atoms with Crippen LogP contribution < -0.4 is 5.43 Å². The maximum absolute atomic E-state index is 11.3. The number of nitrogens with zero attached hydrogens (tertiary/aromatic N) is 2. The molecule has 0 aliphatic rings. The number of hydrazone groups is 1. The van der Waals surface area contributed by atoms with Crippen LogP contribution >= 0.6 is 0 Å². The summed E-state index contributed by atoms with van der Waals surface area (Å²) in [4.78, 5) is 15.6. The van der Waals surface area contributed by atoms with E-state index in [2.05, 4.69) is 15.5 Å². The van der Waals surface area contributed by atoms with Crippen molar-refractivity contribution < 1.29 is 9.53 Å². The number of ether oxygens (including phenoxy) is 1. The van der Waals surface area contributed by atoms with Gasteiger partial charge in [0.2, 0.25) is 0 Å². The molecule has 2 aromatic rings. The lowest BCUT2D eigenvalue weighted by molar-refractivity contribution is 0.152. The molecule has 0 atom stereocenters. The third-order valence-corrected chi connectivity index (χ3v) is 2.49. The third-order valence-electron chi connectivity index (χ3n) is 2.49. The van der Waals surface area contributed by atoms with Gasteiger partial charge in [0.25, 0.3) is 0 Å². The molecule has 0 spiro atoms. The van der Waals surface area contributed by atoms with E-state index in [1.807, 2.05) is 48.5 Å². The molecule has 1 amide bonds. The van der Waals surface area contributed by atoms with Gasteiger partial charge in [0.15, 0.2) is 0 Å². The Balaban J connectivity index is 2.30. The number of aromatic nitrogens is 1. The molecule has 1 aromatic carbocycles. The van der Waals surface area contributed by atoms with Crippen molar-refractivity contribution in [1.29, 1.82) is 0 Å². The van der Waals surface area contributed by atoms with Gasteiger partial charge >= 0.3 is 6.09 Å². The Morgan fingerprint density at radius 3 is 2.60 bits per heavy atom. The molecular weight excluding hydrogens is 254 g/mol. The second-order valence-electron chi connectivity index (χ2n) is 3.87. The first kappa shape index (κ1) is 13.7. The summed E-state index contributed by atoms with van der Waals surface area (Å²) in [5, 5.41) is 4.11. The maximum atomic E-state index is 11.3. The first-order chi connectivity index (χ1) is 9.81. The zero-order valence-electron chi connectivity index (χ0n) is 11.1. The zero-order valence-corrected chi connectivity index (χ0v) is 11.1. The van der Waals surface area contributed by atoms with Gasteiger partial charge in [-0.15, -0.1) is 0 Å². The van der Waals surface area contributed by atoms with Gasteiger partial charge in [-0.1, -0.05) is 36.4 Å². The molecule has 20 heavy (non-hydrogen) atoms. The van der Waals surface area contributed by atoms with Crippen LogP contribution in [0.5, 0.6) is 0 Å². The van der Waals surface area contributed by atoms with Crippen LogP contribution in [0.15, 0.2) is 59.8 Å². The van der Waals surface area contributed by atoms with Crippen LogP contribution in [0.3, 0.4) is 0 Å². The number of hydrogen-bond donors (Lipinski definition) is 1. The molecule has 0 radical (unpaired) electrons. The van der Waals surface area contributed by atoms with E-state index >= 15 is 0 Å². The van der Waals surface area contributed by atoms with E-state index in [1.54, 1.807) is 13.1 Å². The average molecular weight is 269 g/mol. The lowest BCUT2D eigenvalue weighted by Crippen LogP contribution is -2.21. The topological polar surface area (TPSA) is 63.6 Å². The second-order valence-corrected chi connectivity index (χ2v) is 3.87. The molecule has 0 bridgehead atoms. The number of carbonyl (C=O) groups is 1. The minimum Gasteiger partial charge on any atom is -0.449 e. The minimum atomic E-state index is -0.586. The zero-order chi connectivity index (χ0) is 14.2. The van der Waals surface area contributed by atoms with Crippen molar-refractivity contribution >= 4 is 11.8 Å². The summed E-state index contributed by atoms with van der Waals surface area (Å²) in [5.74, 6) is 0. The Kier molecular flexibility index (Phi) is 4.83. The Bertz CT molecular complexity index is 541. The Labute approximate surface area is 117 Å². The molecule has 1 heterocycles. The molecule has 5 heteroatoms. The quantitative estimate of drug-likeness (QED) is 0.685. The monoisotopic (exact) mass is 269 g/mol. The summed E-state index contributed by atoms with van der Waals surface area (Å²) in [6.07, 6.45) is 1.09. The number of pyridine rings is 1. The van der Waals surface area contributed by atoms with Crippen molar-refractivity contribution in [3.8, 4) is 0 Å². The van der Waals surface area contributed by atoms with Gasteiger partial charge in [0.1, 0.15) is 5.71 Å². The fourth-order valence-electron chi connectivity index (χ4n) is 1.63. The molecule has 0 aliphatic carbocycles. The van der Waals surface area contributed by atoms with Crippen molar-refractivity contribution in [1.82, 2.24) is 10.4 Å². The smallest absolute Gasteiger partial charge is 0.427 e. The molecule has 0 aliphatic heterocycles. The van der Waals surface area contributed by atoms with Gasteiger partial charge in [-0.05, 0) is 19.1 Å². The van der Waals surface area contributed by atoms with Crippen molar-refractivity contribution in [3.05, 3.63) is 66.0 Å². The number of nitrogens with one attached hydrogen (secondary N) is 1. The standard InChI is InChI=1S/C15H15N3O2/c1-2-20-15(19)18-17-14(12-8-4-3-5-9-12)13-10-6-7-11-16-13/h3-11H,2H2,1H3,(H,18,19). The predicted molar refractivity (Wildman–Crippen MR) is 76.5 cm³/mol. The second kappa shape index (κ2) is 7.04. The Morgan fingerprint density at radius 2 is 1.95 bits per heavy atom. The van der Waals surface area contributed by atoms with Crippen LogP contribution in [0.25, 0.3) is 0 Å². The lowest BCUT2D eigenvalue weighted by atomic mass is 10.1. The molecule has 5 nitrogen and oxygen atoms in total. The Hall–Kier alpha value is -2.69. The van der Waals surface area contributed by atoms with E-state index in [0.29, 0.717) is 18.0 Å². The first-order valence-corrected chi connectivity index (χ1v) is 6.28. The summed E-state index contributed by atoms with van der Waals surface area (Å²) in [6, 6.07) is 15.0. The van der Waals surface area contributed by atoms with E-state index < -0.39 is 6.09 Å². The summed E-state index contributed by atoms with van der Waals surface area (Å²) in [7, 11) is 0. The van der Waals surface area contributed by atoms with Gasteiger partial charge in [-0.25, -0.2) is 10.2 Å². The first-order valence-electron chi connectivity index (χ1n) is 6.28. The van der Waals surface area contributed by atoms with Crippen molar-refractivity contribution in [2.75, 3.05) is 6.61 Å². The van der Waals surface area contributed by atoms with Crippen LogP contribution in [0, 0.1) is 0 Å². The molecule has 0 unspecified atom stereocenters. The lowest BCUT2D eigenvalue weighted by Gasteiger charge is -2.06. The summed E-state index contributed by atoms with van der Waals surface area (Å²) in [6.45, 7) is 2.03. The summed E-state index contributed by atoms with van der Waals surface area (Å²) >= 11 is 0. The molecular formula is C15H15N3O2. The molecule has 0 saturated heterocycles. The molecule has 0 fully saturated rings. The predicted octanol–water partition coefficient (Wildman–Crippen LogP) is 2.58. The molecule has 1 aromatic heterocycles. The Morgan fingerprint density at radius 1 is 1.20 bits per heavy atom. The number of amides is 1. The third kappa shape index (κ3) is 3.65. The maximum Gasteiger partial charge on any atom is 0.427 e. The number of hydrogen-bond acceptors (Lipinski definition) is 4. The number of rotatable bonds is 4. The fourth-order valence-corrected chi connectivity index (χ4v) is 1.63. The van der Waals surface area contributed by atoms with Gasteiger partial charge in [0.05, 0.1) is 12.3 Å². The number of benzene rings is 1. The number of carbonyl (C=O) groups excluding carboxylic acids is 1.